The molecule has 0 bridgehead atoms. The van der Waals surface area contributed by atoms with Crippen molar-refractivity contribution in [1.29, 1.82) is 0 Å². The van der Waals surface area contributed by atoms with Crippen molar-refractivity contribution in [1.82, 2.24) is 19.4 Å². The largest absolute Gasteiger partial charge is 0.324 e. The lowest BCUT2D eigenvalue weighted by molar-refractivity contribution is 0.251. The molecule has 0 spiro atoms. The molecule has 1 unspecified atom stereocenters. The molecule has 35 heavy (non-hydrogen) atoms. The van der Waals surface area contributed by atoms with Gasteiger partial charge in [0.15, 0.2) is 0 Å². The number of anilines is 2. The van der Waals surface area contributed by atoms with Crippen LogP contribution < -0.4 is 10.9 Å². The lowest BCUT2D eigenvalue weighted by Gasteiger charge is -2.30. The number of nitrogens with zero attached hydrogens (tertiary/aromatic N) is 4. The third-order valence-corrected chi connectivity index (χ3v) is 7.43. The second-order valence-corrected chi connectivity index (χ2v) is 10.4. The molecule has 4 aromatic rings. The number of likely N-dealkylation sites (N-methyl/N-ethyl adjacent to an activating group) is 1. The Morgan fingerprint density at radius 2 is 1.94 bits per heavy atom. The summed E-state index contributed by atoms with van der Waals surface area (Å²) in [7, 11) is 2.19. The molecule has 0 aliphatic carbocycles. The molecule has 180 valence electrons. The standard InChI is InChI=1S/C27H27BrClN5O/c1-3-34-25-19(13-23(26(34)35)22-11-8-20(28)14-24(22)29)15-30-27(32-25)31-21-9-6-17(7-10-21)18-5-4-12-33(2)16-18/h6-11,13-15,18H,3-5,12,16H2,1-2H3,(H,30,31,32). The van der Waals surface area contributed by atoms with Crippen molar-refractivity contribution in [2.24, 2.45) is 0 Å². The van der Waals surface area contributed by atoms with E-state index in [1.165, 1.54) is 24.9 Å². The molecule has 6 nitrogen and oxygen atoms in total. The first kappa shape index (κ1) is 24.0. The molecule has 5 rings (SSSR count). The van der Waals surface area contributed by atoms with Crippen molar-refractivity contribution < 1.29 is 0 Å². The summed E-state index contributed by atoms with van der Waals surface area (Å²) in [6, 6.07) is 15.8. The number of likely N-dealkylation sites (tertiary alicyclic amines) is 1. The first-order valence-electron chi connectivity index (χ1n) is 11.8. The zero-order valence-corrected chi connectivity index (χ0v) is 22.1. The lowest BCUT2D eigenvalue weighted by atomic mass is 9.91. The number of benzene rings is 2. The Kier molecular flexibility index (Phi) is 6.91. The highest BCUT2D eigenvalue weighted by molar-refractivity contribution is 9.10. The van der Waals surface area contributed by atoms with E-state index in [9.17, 15) is 4.79 Å². The van der Waals surface area contributed by atoms with E-state index in [4.69, 9.17) is 11.6 Å². The van der Waals surface area contributed by atoms with Crippen LogP contribution in [0.2, 0.25) is 5.02 Å². The van der Waals surface area contributed by atoms with E-state index in [1.54, 1.807) is 16.8 Å². The molecule has 1 aliphatic heterocycles. The molecule has 1 N–H and O–H groups in total. The molecular formula is C27H27BrClN5O. The lowest BCUT2D eigenvalue weighted by Crippen LogP contribution is -2.30. The van der Waals surface area contributed by atoms with Gasteiger partial charge >= 0.3 is 0 Å². The first-order valence-corrected chi connectivity index (χ1v) is 13.0. The molecule has 2 aromatic carbocycles. The summed E-state index contributed by atoms with van der Waals surface area (Å²) in [4.78, 5) is 24.9. The van der Waals surface area contributed by atoms with Crippen LogP contribution in [-0.2, 0) is 6.54 Å². The highest BCUT2D eigenvalue weighted by atomic mass is 79.9. The Labute approximate surface area is 218 Å². The van der Waals surface area contributed by atoms with Crippen LogP contribution in [0.5, 0.6) is 0 Å². The van der Waals surface area contributed by atoms with E-state index in [0.717, 1.165) is 22.1 Å². The van der Waals surface area contributed by atoms with Gasteiger partial charge in [-0.2, -0.15) is 4.98 Å². The maximum absolute atomic E-state index is 13.3. The molecule has 0 amide bonds. The first-order chi connectivity index (χ1) is 16.9. The summed E-state index contributed by atoms with van der Waals surface area (Å²) >= 11 is 9.86. The number of aryl methyl sites for hydroxylation is 1. The summed E-state index contributed by atoms with van der Waals surface area (Å²) in [5.41, 5.74) is 3.96. The number of nitrogens with one attached hydrogen (secondary N) is 1. The maximum Gasteiger partial charge on any atom is 0.260 e. The van der Waals surface area contributed by atoms with Gasteiger partial charge in [0.2, 0.25) is 5.95 Å². The van der Waals surface area contributed by atoms with Gasteiger partial charge in [-0.1, -0.05) is 45.7 Å². The monoisotopic (exact) mass is 551 g/mol. The molecular weight excluding hydrogens is 526 g/mol. The number of piperidine rings is 1. The number of hydrogen-bond acceptors (Lipinski definition) is 5. The van der Waals surface area contributed by atoms with E-state index in [1.807, 2.05) is 25.1 Å². The number of halogens is 2. The third kappa shape index (κ3) is 4.99. The van der Waals surface area contributed by atoms with Gasteiger partial charge in [0, 0.05) is 51.0 Å². The minimum Gasteiger partial charge on any atom is -0.324 e. The van der Waals surface area contributed by atoms with Crippen molar-refractivity contribution in [3.05, 3.63) is 80.1 Å². The van der Waals surface area contributed by atoms with Gasteiger partial charge in [0.05, 0.1) is 0 Å². The van der Waals surface area contributed by atoms with Gasteiger partial charge in [-0.15, -0.1) is 0 Å². The Balaban J connectivity index is 1.45. The fourth-order valence-electron chi connectivity index (χ4n) is 4.82. The SMILES string of the molecule is CCn1c(=O)c(-c2ccc(Br)cc2Cl)cc2cnc(Nc3ccc(C4CCCN(C)C4)cc3)nc21. The van der Waals surface area contributed by atoms with Crippen LogP contribution in [0.15, 0.2) is 64.0 Å². The van der Waals surface area contributed by atoms with Crippen LogP contribution in [-0.4, -0.2) is 39.6 Å². The highest BCUT2D eigenvalue weighted by Crippen LogP contribution is 2.31. The van der Waals surface area contributed by atoms with Crippen LogP contribution in [0.3, 0.4) is 0 Å². The van der Waals surface area contributed by atoms with Gasteiger partial charge in [0.1, 0.15) is 5.65 Å². The fraction of sp³-hybridized carbons (Fsp3) is 0.296. The van der Waals surface area contributed by atoms with Crippen molar-refractivity contribution in [3.8, 4) is 11.1 Å². The predicted molar refractivity (Wildman–Crippen MR) is 147 cm³/mol. The van der Waals surface area contributed by atoms with E-state index >= 15 is 0 Å². The van der Waals surface area contributed by atoms with Gasteiger partial charge in [-0.05, 0) is 75.2 Å². The van der Waals surface area contributed by atoms with Crippen LogP contribution in [0.25, 0.3) is 22.2 Å². The van der Waals surface area contributed by atoms with E-state index in [-0.39, 0.29) is 5.56 Å². The third-order valence-electron chi connectivity index (χ3n) is 6.63. The van der Waals surface area contributed by atoms with Crippen molar-refractivity contribution in [3.63, 3.8) is 0 Å². The Morgan fingerprint density at radius 3 is 2.66 bits per heavy atom. The Bertz CT molecular complexity index is 1440. The second-order valence-electron chi connectivity index (χ2n) is 9.05. The zero-order valence-electron chi connectivity index (χ0n) is 19.8. The molecule has 1 fully saturated rings. The highest BCUT2D eigenvalue weighted by Gasteiger charge is 2.19. The maximum atomic E-state index is 13.3. The second kappa shape index (κ2) is 10.1. The normalized spacial score (nSPS) is 16.5. The summed E-state index contributed by atoms with van der Waals surface area (Å²) in [6.45, 7) is 4.70. The topological polar surface area (TPSA) is 63.1 Å². The van der Waals surface area contributed by atoms with Gasteiger partial charge in [0.25, 0.3) is 5.56 Å². The number of rotatable bonds is 5. The summed E-state index contributed by atoms with van der Waals surface area (Å²) < 4.78 is 2.53. The minimum atomic E-state index is -0.129. The van der Waals surface area contributed by atoms with Crippen molar-refractivity contribution in [2.75, 3.05) is 25.5 Å². The van der Waals surface area contributed by atoms with E-state index < -0.39 is 0 Å². The molecule has 8 heteroatoms. The van der Waals surface area contributed by atoms with Crippen LogP contribution in [0, 0.1) is 0 Å². The predicted octanol–water partition coefficient (Wildman–Crippen LogP) is 6.45. The molecule has 3 heterocycles. The number of fused-ring (bicyclic) bond motifs is 1. The van der Waals surface area contributed by atoms with Crippen molar-refractivity contribution in [2.45, 2.75) is 32.2 Å². The summed E-state index contributed by atoms with van der Waals surface area (Å²) in [6.07, 6.45) is 4.21. The van der Waals surface area contributed by atoms with Gasteiger partial charge in [-0.3, -0.25) is 9.36 Å². The average molecular weight is 553 g/mol. The van der Waals surface area contributed by atoms with Crippen molar-refractivity contribution >= 4 is 50.2 Å². The van der Waals surface area contributed by atoms with Gasteiger partial charge in [-0.25, -0.2) is 4.98 Å². The molecule has 0 saturated carbocycles. The minimum absolute atomic E-state index is 0.129. The van der Waals surface area contributed by atoms with E-state index in [2.05, 4.69) is 67.4 Å². The molecule has 2 aromatic heterocycles. The average Bonchev–Trinajstić information content (AvgIpc) is 2.85. The molecule has 0 radical (unpaired) electrons. The van der Waals surface area contributed by atoms with Crippen LogP contribution in [0.1, 0.15) is 31.2 Å². The molecule has 1 atom stereocenters. The number of pyridine rings is 1. The van der Waals surface area contributed by atoms with Crippen LogP contribution >= 0.6 is 27.5 Å². The quantitative estimate of drug-likeness (QED) is 0.308. The fourth-order valence-corrected chi connectivity index (χ4v) is 5.59. The number of aromatic nitrogens is 3. The smallest absolute Gasteiger partial charge is 0.260 e. The molecule has 1 aliphatic rings. The zero-order chi connectivity index (χ0) is 24.5. The summed E-state index contributed by atoms with van der Waals surface area (Å²) in [5.74, 6) is 1.03. The Hall–Kier alpha value is -2.74. The number of hydrogen-bond donors (Lipinski definition) is 1. The summed E-state index contributed by atoms with van der Waals surface area (Å²) in [5, 5.41) is 4.59. The van der Waals surface area contributed by atoms with Crippen LogP contribution in [0.4, 0.5) is 11.6 Å². The van der Waals surface area contributed by atoms with E-state index in [0.29, 0.717) is 40.2 Å². The molecule has 1 saturated heterocycles. The van der Waals surface area contributed by atoms with Gasteiger partial charge < -0.3 is 10.2 Å². The Morgan fingerprint density at radius 1 is 1.14 bits per heavy atom.